The molecule has 6 heteroatoms. The van der Waals surface area contributed by atoms with E-state index in [0.717, 1.165) is 5.56 Å². The molecule has 1 aliphatic heterocycles. The zero-order valence-corrected chi connectivity index (χ0v) is 11.9. The summed E-state index contributed by atoms with van der Waals surface area (Å²) < 4.78 is 10.4. The fraction of sp³-hybridized carbons (Fsp3) is 0.571. The van der Waals surface area contributed by atoms with Crippen molar-refractivity contribution in [1.82, 2.24) is 4.90 Å². The number of nitrogens with zero attached hydrogens (tertiary/aromatic N) is 1. The van der Waals surface area contributed by atoms with Crippen LogP contribution in [0.3, 0.4) is 0 Å². The summed E-state index contributed by atoms with van der Waals surface area (Å²) in [6.07, 6.45) is -1.95. The molecule has 4 atom stereocenters. The van der Waals surface area contributed by atoms with Crippen LogP contribution >= 0.6 is 0 Å². The van der Waals surface area contributed by atoms with Crippen molar-refractivity contribution >= 4 is 0 Å². The van der Waals surface area contributed by atoms with Gasteiger partial charge in [-0.15, -0.1) is 0 Å². The van der Waals surface area contributed by atoms with Crippen LogP contribution in [0.5, 0.6) is 11.5 Å². The minimum atomic E-state index is -0.983. The Morgan fingerprint density at radius 1 is 1.10 bits per heavy atom. The molecule has 0 unspecified atom stereocenters. The lowest BCUT2D eigenvalue weighted by Crippen LogP contribution is -2.37. The predicted molar refractivity (Wildman–Crippen MR) is 72.9 cm³/mol. The Balaban J connectivity index is 2.36. The molecular formula is C14H21NO5. The number of methoxy groups -OCH3 is 2. The average molecular weight is 283 g/mol. The van der Waals surface area contributed by atoms with Crippen molar-refractivity contribution in [3.05, 3.63) is 23.8 Å². The summed E-state index contributed by atoms with van der Waals surface area (Å²) >= 11 is 0. The molecule has 0 amide bonds. The summed E-state index contributed by atoms with van der Waals surface area (Å²) in [5.41, 5.74) is 0.799. The third kappa shape index (κ3) is 2.35. The van der Waals surface area contributed by atoms with Crippen molar-refractivity contribution in [2.75, 3.05) is 27.9 Å². The smallest absolute Gasteiger partial charge is 0.161 e. The maximum absolute atomic E-state index is 10.2. The number of benzene rings is 1. The first-order valence-electron chi connectivity index (χ1n) is 6.46. The van der Waals surface area contributed by atoms with E-state index in [-0.39, 0.29) is 6.61 Å². The fourth-order valence-electron chi connectivity index (χ4n) is 2.81. The first kappa shape index (κ1) is 15.1. The molecule has 0 saturated carbocycles. The van der Waals surface area contributed by atoms with Gasteiger partial charge in [0.2, 0.25) is 0 Å². The van der Waals surface area contributed by atoms with Gasteiger partial charge in [-0.05, 0) is 24.7 Å². The predicted octanol–water partition coefficient (Wildman–Crippen LogP) is -0.227. The van der Waals surface area contributed by atoms with Crippen LogP contribution < -0.4 is 9.47 Å². The lowest BCUT2D eigenvalue weighted by molar-refractivity contribution is 0.0184. The lowest BCUT2D eigenvalue weighted by atomic mass is 10.0. The van der Waals surface area contributed by atoms with Gasteiger partial charge in [0.25, 0.3) is 0 Å². The van der Waals surface area contributed by atoms with Crippen LogP contribution in [0.25, 0.3) is 0 Å². The first-order chi connectivity index (χ1) is 9.54. The van der Waals surface area contributed by atoms with Gasteiger partial charge in [-0.1, -0.05) is 6.07 Å². The maximum atomic E-state index is 10.2. The minimum absolute atomic E-state index is 0.210. The molecule has 20 heavy (non-hydrogen) atoms. The van der Waals surface area contributed by atoms with Gasteiger partial charge in [0, 0.05) is 0 Å². The van der Waals surface area contributed by atoms with Crippen molar-refractivity contribution in [3.63, 3.8) is 0 Å². The lowest BCUT2D eigenvalue weighted by Gasteiger charge is -2.25. The molecule has 1 fully saturated rings. The van der Waals surface area contributed by atoms with Gasteiger partial charge in [-0.2, -0.15) is 0 Å². The van der Waals surface area contributed by atoms with Crippen LogP contribution in [0.15, 0.2) is 18.2 Å². The van der Waals surface area contributed by atoms with Crippen LogP contribution in [-0.2, 0) is 0 Å². The highest BCUT2D eigenvalue weighted by molar-refractivity contribution is 5.44. The van der Waals surface area contributed by atoms with Crippen LogP contribution in [0.2, 0.25) is 0 Å². The van der Waals surface area contributed by atoms with Crippen LogP contribution in [0, 0.1) is 0 Å². The molecule has 6 nitrogen and oxygen atoms in total. The van der Waals surface area contributed by atoms with Gasteiger partial charge >= 0.3 is 0 Å². The Labute approximate surface area is 118 Å². The van der Waals surface area contributed by atoms with E-state index in [4.69, 9.17) is 9.47 Å². The van der Waals surface area contributed by atoms with E-state index in [2.05, 4.69) is 0 Å². The van der Waals surface area contributed by atoms with Crippen LogP contribution in [0.1, 0.15) is 11.6 Å². The number of hydrogen-bond donors (Lipinski definition) is 3. The fourth-order valence-corrected chi connectivity index (χ4v) is 2.81. The third-order valence-corrected chi connectivity index (χ3v) is 3.97. The summed E-state index contributed by atoms with van der Waals surface area (Å²) in [7, 11) is 4.86. The van der Waals surface area contributed by atoms with E-state index >= 15 is 0 Å². The molecule has 1 aliphatic rings. The van der Waals surface area contributed by atoms with Gasteiger partial charge in [0.15, 0.2) is 11.5 Å². The molecule has 112 valence electrons. The Bertz CT molecular complexity index is 467. The Hall–Kier alpha value is -1.34. The monoisotopic (exact) mass is 283 g/mol. The van der Waals surface area contributed by atoms with Gasteiger partial charge in [0.1, 0.15) is 6.10 Å². The molecule has 0 bridgehead atoms. The largest absolute Gasteiger partial charge is 0.493 e. The molecule has 1 aromatic rings. The standard InChI is InChI=1S/C14H21NO5/c1-15-9(7-16)13(17)14(18)12(15)8-4-5-10(19-2)11(6-8)20-3/h4-6,9,12-14,16-18H,7H2,1-3H3/t9-,12-,13-,14-/m1/s1. The van der Waals surface area contributed by atoms with Gasteiger partial charge < -0.3 is 24.8 Å². The second kappa shape index (κ2) is 5.97. The second-order valence-corrected chi connectivity index (χ2v) is 4.96. The molecule has 0 aliphatic carbocycles. The second-order valence-electron chi connectivity index (χ2n) is 4.96. The number of ether oxygens (including phenoxy) is 2. The van der Waals surface area contributed by atoms with E-state index in [9.17, 15) is 15.3 Å². The van der Waals surface area contributed by atoms with E-state index in [1.165, 1.54) is 0 Å². The highest BCUT2D eigenvalue weighted by Crippen LogP contribution is 2.38. The zero-order chi connectivity index (χ0) is 14.9. The Kier molecular flexibility index (Phi) is 4.49. The molecule has 1 saturated heterocycles. The number of hydrogen-bond acceptors (Lipinski definition) is 6. The number of rotatable bonds is 4. The SMILES string of the molecule is COc1ccc([C@@H]2[C@@H](O)[C@H](O)[C@@H](CO)N2C)cc1OC. The average Bonchev–Trinajstić information content (AvgIpc) is 2.68. The summed E-state index contributed by atoms with van der Waals surface area (Å²) in [5.74, 6) is 1.16. The van der Waals surface area contributed by atoms with Crippen LogP contribution in [-0.4, -0.2) is 66.3 Å². The quantitative estimate of drug-likeness (QED) is 0.708. The van der Waals surface area contributed by atoms with E-state index < -0.39 is 24.3 Å². The van der Waals surface area contributed by atoms with Crippen molar-refractivity contribution in [2.45, 2.75) is 24.3 Å². The van der Waals surface area contributed by atoms with Crippen LogP contribution in [0.4, 0.5) is 0 Å². The summed E-state index contributed by atoms with van der Waals surface area (Å²) in [5, 5.41) is 29.5. The highest BCUT2D eigenvalue weighted by Gasteiger charge is 2.46. The van der Waals surface area contributed by atoms with Gasteiger partial charge in [-0.25, -0.2) is 0 Å². The van der Waals surface area contributed by atoms with Crippen molar-refractivity contribution in [1.29, 1.82) is 0 Å². The van der Waals surface area contributed by atoms with E-state index in [1.54, 1.807) is 38.3 Å². The molecule has 3 N–H and O–H groups in total. The number of aliphatic hydroxyl groups is 3. The summed E-state index contributed by atoms with van der Waals surface area (Å²) in [4.78, 5) is 1.77. The highest BCUT2D eigenvalue weighted by atomic mass is 16.5. The van der Waals surface area contributed by atoms with Crippen molar-refractivity contribution in [2.24, 2.45) is 0 Å². The summed E-state index contributed by atoms with van der Waals surface area (Å²) in [6, 6.07) is 4.46. The van der Waals surface area contributed by atoms with Gasteiger partial charge in [-0.3, -0.25) is 4.90 Å². The van der Waals surface area contributed by atoms with Crippen molar-refractivity contribution < 1.29 is 24.8 Å². The molecule has 0 spiro atoms. The minimum Gasteiger partial charge on any atom is -0.493 e. The number of aliphatic hydroxyl groups excluding tert-OH is 3. The number of likely N-dealkylation sites (N-methyl/N-ethyl adjacent to an activating group) is 1. The topological polar surface area (TPSA) is 82.4 Å². The first-order valence-corrected chi connectivity index (χ1v) is 6.46. The molecule has 0 aromatic heterocycles. The number of likely N-dealkylation sites (tertiary alicyclic amines) is 1. The molecular weight excluding hydrogens is 262 g/mol. The van der Waals surface area contributed by atoms with Gasteiger partial charge in [0.05, 0.1) is 39.0 Å². The summed E-state index contributed by atoms with van der Waals surface area (Å²) in [6.45, 7) is -0.210. The zero-order valence-electron chi connectivity index (χ0n) is 11.9. The van der Waals surface area contributed by atoms with Crippen molar-refractivity contribution in [3.8, 4) is 11.5 Å². The molecule has 1 heterocycles. The van der Waals surface area contributed by atoms with E-state index in [0.29, 0.717) is 11.5 Å². The molecule has 2 rings (SSSR count). The molecule has 0 radical (unpaired) electrons. The third-order valence-electron chi connectivity index (χ3n) is 3.97. The van der Waals surface area contributed by atoms with E-state index in [1.807, 2.05) is 6.07 Å². The normalized spacial score (nSPS) is 30.5. The molecule has 1 aromatic carbocycles. The maximum Gasteiger partial charge on any atom is 0.161 e. The Morgan fingerprint density at radius 2 is 1.75 bits per heavy atom. The Morgan fingerprint density at radius 3 is 2.25 bits per heavy atom.